The Morgan fingerprint density at radius 1 is 1.04 bits per heavy atom. The average Bonchev–Trinajstić information content (AvgIpc) is 3.16. The molecular weight excluding hydrogens is 322 g/mol. The van der Waals surface area contributed by atoms with Gasteiger partial charge in [-0.1, -0.05) is 51.1 Å². The lowest BCUT2D eigenvalue weighted by molar-refractivity contribution is 0.118. The van der Waals surface area contributed by atoms with Crippen molar-refractivity contribution < 1.29 is 9.53 Å². The molecule has 2 aliphatic carbocycles. The van der Waals surface area contributed by atoms with Crippen LogP contribution in [-0.2, 0) is 0 Å². The fourth-order valence-electron chi connectivity index (χ4n) is 5.18. The highest BCUT2D eigenvalue weighted by atomic mass is 16.6. The van der Waals surface area contributed by atoms with Crippen molar-refractivity contribution in [3.8, 4) is 5.75 Å². The van der Waals surface area contributed by atoms with E-state index in [-0.39, 0.29) is 0 Å². The number of carbonyl (C=O) groups is 1. The van der Waals surface area contributed by atoms with Crippen LogP contribution in [0, 0.1) is 23.2 Å². The Morgan fingerprint density at radius 2 is 1.73 bits per heavy atom. The van der Waals surface area contributed by atoms with Crippen LogP contribution >= 0.6 is 0 Å². The number of anilines is 1. The van der Waals surface area contributed by atoms with Crippen molar-refractivity contribution in [2.75, 3.05) is 5.32 Å². The third kappa shape index (κ3) is 3.00. The first-order chi connectivity index (χ1) is 12.4. The molecule has 2 bridgehead atoms. The van der Waals surface area contributed by atoms with E-state index in [0.29, 0.717) is 17.1 Å². The number of amides is 1. The topological polar surface area (TPSA) is 38.3 Å². The monoisotopic (exact) mass is 349 g/mol. The van der Waals surface area contributed by atoms with E-state index in [2.05, 4.69) is 38.2 Å². The van der Waals surface area contributed by atoms with Gasteiger partial charge in [0.05, 0.1) is 0 Å². The molecule has 3 nitrogen and oxygen atoms in total. The SMILES string of the molecule is C[C@@H]1[C@H]2C[C@H](c3ccc(OC(=O)Nc4ccccc4)cc3)[C@@H](C2)C1(C)C. The molecule has 1 amide bonds. The first kappa shape index (κ1) is 17.1. The van der Waals surface area contributed by atoms with Crippen LogP contribution in [0.5, 0.6) is 5.75 Å². The molecule has 26 heavy (non-hydrogen) atoms. The van der Waals surface area contributed by atoms with Crippen molar-refractivity contribution in [3.63, 3.8) is 0 Å². The summed E-state index contributed by atoms with van der Waals surface area (Å²) in [6.07, 6.45) is 2.19. The maximum atomic E-state index is 12.0. The Hall–Kier alpha value is -2.29. The Morgan fingerprint density at radius 3 is 2.35 bits per heavy atom. The fourth-order valence-corrected chi connectivity index (χ4v) is 5.18. The Balaban J connectivity index is 1.41. The molecule has 4 rings (SSSR count). The Bertz CT molecular complexity index is 782. The molecule has 2 aromatic carbocycles. The molecule has 136 valence electrons. The molecule has 0 spiro atoms. The molecule has 2 saturated carbocycles. The van der Waals surface area contributed by atoms with E-state index in [1.165, 1.54) is 18.4 Å². The zero-order valence-electron chi connectivity index (χ0n) is 15.7. The van der Waals surface area contributed by atoms with Crippen LogP contribution in [0.4, 0.5) is 10.5 Å². The summed E-state index contributed by atoms with van der Waals surface area (Å²) in [5.41, 5.74) is 2.53. The van der Waals surface area contributed by atoms with Crippen molar-refractivity contribution in [2.24, 2.45) is 23.2 Å². The van der Waals surface area contributed by atoms with Crippen molar-refractivity contribution in [2.45, 2.75) is 39.5 Å². The van der Waals surface area contributed by atoms with Crippen LogP contribution in [0.15, 0.2) is 54.6 Å². The van der Waals surface area contributed by atoms with Crippen LogP contribution in [0.2, 0.25) is 0 Å². The molecule has 0 unspecified atom stereocenters. The van der Waals surface area contributed by atoms with E-state index in [1.807, 2.05) is 42.5 Å². The standard InChI is InChI=1S/C23H27NO2/c1-15-17-13-20(21(14-17)23(15,2)3)16-9-11-19(12-10-16)26-22(25)24-18-7-5-4-6-8-18/h4-12,15,17,20-21H,13-14H2,1-3H3,(H,24,25)/t15-,17+,20-,21-/m1/s1. The first-order valence-corrected chi connectivity index (χ1v) is 9.59. The van der Waals surface area contributed by atoms with Gasteiger partial charge in [-0.3, -0.25) is 5.32 Å². The third-order valence-electron chi connectivity index (χ3n) is 6.97. The van der Waals surface area contributed by atoms with Gasteiger partial charge >= 0.3 is 6.09 Å². The van der Waals surface area contributed by atoms with E-state index in [1.54, 1.807) is 0 Å². The molecule has 1 N–H and O–H groups in total. The molecule has 0 saturated heterocycles. The zero-order chi connectivity index (χ0) is 18.3. The molecular formula is C23H27NO2. The number of fused-ring (bicyclic) bond motifs is 2. The number of hydrogen-bond donors (Lipinski definition) is 1. The van der Waals surface area contributed by atoms with Crippen LogP contribution in [0.3, 0.4) is 0 Å². The summed E-state index contributed by atoms with van der Waals surface area (Å²) < 4.78 is 5.41. The number of hydrogen-bond acceptors (Lipinski definition) is 2. The minimum atomic E-state index is -0.459. The molecule has 0 aliphatic heterocycles. The number of nitrogens with one attached hydrogen (secondary N) is 1. The number of ether oxygens (including phenoxy) is 1. The van der Waals surface area contributed by atoms with Gasteiger partial charge in [-0.05, 0) is 71.8 Å². The minimum Gasteiger partial charge on any atom is -0.410 e. The first-order valence-electron chi connectivity index (χ1n) is 9.59. The summed E-state index contributed by atoms with van der Waals surface area (Å²) in [7, 11) is 0. The van der Waals surface area contributed by atoms with Crippen LogP contribution in [0.1, 0.15) is 45.1 Å². The summed E-state index contributed by atoms with van der Waals surface area (Å²) >= 11 is 0. The average molecular weight is 349 g/mol. The Labute approximate surface area is 155 Å². The van der Waals surface area contributed by atoms with Crippen molar-refractivity contribution in [3.05, 3.63) is 60.2 Å². The summed E-state index contributed by atoms with van der Waals surface area (Å²) in [4.78, 5) is 12.0. The number of carbonyl (C=O) groups excluding carboxylic acids is 1. The van der Waals surface area contributed by atoms with E-state index < -0.39 is 6.09 Å². The maximum Gasteiger partial charge on any atom is 0.417 e. The molecule has 2 fully saturated rings. The smallest absolute Gasteiger partial charge is 0.410 e. The van der Waals surface area contributed by atoms with Gasteiger partial charge in [-0.2, -0.15) is 0 Å². The number of rotatable bonds is 3. The highest BCUT2D eigenvalue weighted by Gasteiger charge is 2.55. The van der Waals surface area contributed by atoms with Gasteiger partial charge in [0, 0.05) is 5.69 Å². The van der Waals surface area contributed by atoms with E-state index in [4.69, 9.17) is 4.74 Å². The van der Waals surface area contributed by atoms with Gasteiger partial charge in [0.15, 0.2) is 0 Å². The van der Waals surface area contributed by atoms with Gasteiger partial charge in [-0.25, -0.2) is 4.79 Å². The summed E-state index contributed by atoms with van der Waals surface area (Å²) in [5.74, 6) is 3.65. The van der Waals surface area contributed by atoms with E-state index in [0.717, 1.165) is 23.4 Å². The van der Waals surface area contributed by atoms with Crippen molar-refractivity contribution >= 4 is 11.8 Å². The molecule has 0 radical (unpaired) electrons. The summed E-state index contributed by atoms with van der Waals surface area (Å²) in [6, 6.07) is 17.4. The zero-order valence-corrected chi connectivity index (χ0v) is 15.7. The van der Waals surface area contributed by atoms with Gasteiger partial charge in [0.1, 0.15) is 5.75 Å². The molecule has 2 aromatic rings. The second-order valence-electron chi connectivity index (χ2n) is 8.50. The van der Waals surface area contributed by atoms with Gasteiger partial charge < -0.3 is 4.74 Å². The number of benzene rings is 2. The van der Waals surface area contributed by atoms with Gasteiger partial charge in [0.25, 0.3) is 0 Å². The molecule has 3 heteroatoms. The largest absolute Gasteiger partial charge is 0.417 e. The van der Waals surface area contributed by atoms with Crippen LogP contribution in [-0.4, -0.2) is 6.09 Å². The lowest BCUT2D eigenvalue weighted by atomic mass is 9.64. The lowest BCUT2D eigenvalue weighted by Crippen LogP contribution is -2.32. The Kier molecular flexibility index (Phi) is 4.26. The second kappa shape index (κ2) is 6.46. The minimum absolute atomic E-state index is 0.415. The normalized spacial score (nSPS) is 28.7. The van der Waals surface area contributed by atoms with Gasteiger partial charge in [-0.15, -0.1) is 0 Å². The quantitative estimate of drug-likeness (QED) is 0.729. The maximum absolute atomic E-state index is 12.0. The number of para-hydroxylation sites is 1. The highest BCUT2D eigenvalue weighted by Crippen LogP contribution is 2.64. The van der Waals surface area contributed by atoms with Gasteiger partial charge in [0.2, 0.25) is 0 Å². The molecule has 0 heterocycles. The second-order valence-corrected chi connectivity index (χ2v) is 8.50. The van der Waals surface area contributed by atoms with Crippen LogP contribution in [0.25, 0.3) is 0 Å². The lowest BCUT2D eigenvalue weighted by Gasteiger charge is -2.41. The third-order valence-corrected chi connectivity index (χ3v) is 6.97. The summed E-state index contributed by atoms with van der Waals surface area (Å²) in [5, 5.41) is 2.74. The van der Waals surface area contributed by atoms with Crippen molar-refractivity contribution in [1.82, 2.24) is 0 Å². The van der Waals surface area contributed by atoms with Crippen LogP contribution < -0.4 is 10.1 Å². The van der Waals surface area contributed by atoms with Crippen molar-refractivity contribution in [1.29, 1.82) is 0 Å². The molecule has 2 aliphatic rings. The predicted molar refractivity (Wildman–Crippen MR) is 104 cm³/mol. The highest BCUT2D eigenvalue weighted by molar-refractivity contribution is 5.86. The predicted octanol–water partition coefficient (Wildman–Crippen LogP) is 6.08. The molecule has 0 aromatic heterocycles. The summed E-state index contributed by atoms with van der Waals surface area (Å²) in [6.45, 7) is 7.28. The fraction of sp³-hybridized carbons (Fsp3) is 0.435. The van der Waals surface area contributed by atoms with E-state index in [9.17, 15) is 4.79 Å². The molecule has 4 atom stereocenters. The van der Waals surface area contributed by atoms with E-state index >= 15 is 0 Å².